The van der Waals surface area contributed by atoms with Gasteiger partial charge in [0, 0.05) is 12.7 Å². The molecule has 0 bridgehead atoms. The van der Waals surface area contributed by atoms with Crippen LogP contribution in [0, 0.1) is 5.41 Å². The molecule has 0 spiro atoms. The molecule has 6 heteroatoms. The lowest BCUT2D eigenvalue weighted by molar-refractivity contribution is -0.125. The molecule has 1 rings (SSSR count). The molecule has 16 heavy (non-hydrogen) atoms. The summed E-state index contributed by atoms with van der Waals surface area (Å²) in [6, 6.07) is 1.59. The molecule has 1 heterocycles. The Morgan fingerprint density at radius 3 is 2.75 bits per heavy atom. The van der Waals surface area contributed by atoms with Gasteiger partial charge in [-0.25, -0.2) is 4.98 Å². The minimum Gasteiger partial charge on any atom is -0.396 e. The average Bonchev–Trinajstić information content (AvgIpc) is 2.16. The van der Waals surface area contributed by atoms with Gasteiger partial charge in [0.2, 0.25) is 5.91 Å². The molecule has 1 aromatic heterocycles. The fourth-order valence-electron chi connectivity index (χ4n) is 0.994. The number of hydrogen-bond acceptors (Lipinski definition) is 4. The Balaban J connectivity index is 2.72. The minimum absolute atomic E-state index is 0.362. The highest BCUT2D eigenvalue weighted by Gasteiger charge is 2.24. The third-order valence-corrected chi connectivity index (χ3v) is 2.46. The van der Waals surface area contributed by atoms with Crippen LogP contribution in [-0.2, 0) is 4.79 Å². The minimum atomic E-state index is -0.659. The molecule has 0 saturated carbocycles. The van der Waals surface area contributed by atoms with E-state index in [1.807, 2.05) is 0 Å². The monoisotopic (exact) mass is 242 g/mol. The molecule has 0 atom stereocenters. The molecule has 0 aliphatic heterocycles. The second kappa shape index (κ2) is 4.57. The predicted octanol–water partition coefficient (Wildman–Crippen LogP) is 1.24. The van der Waals surface area contributed by atoms with E-state index in [0.717, 1.165) is 0 Å². The topological polar surface area (TPSA) is 94.0 Å². The lowest BCUT2D eigenvalue weighted by Gasteiger charge is -2.21. The number of carbonyl (C=O) groups is 1. The Kier molecular flexibility index (Phi) is 3.59. The van der Waals surface area contributed by atoms with E-state index >= 15 is 0 Å². The van der Waals surface area contributed by atoms with Crippen LogP contribution in [0.5, 0.6) is 0 Å². The number of carbonyl (C=O) groups excluding carboxylic acids is 1. The summed E-state index contributed by atoms with van der Waals surface area (Å²) in [6.45, 7) is 3.85. The Hall–Kier alpha value is -1.49. The van der Waals surface area contributed by atoms with Gasteiger partial charge in [-0.05, 0) is 19.9 Å². The van der Waals surface area contributed by atoms with Gasteiger partial charge < -0.3 is 16.8 Å². The van der Waals surface area contributed by atoms with Crippen LogP contribution in [-0.4, -0.2) is 17.4 Å². The highest BCUT2D eigenvalue weighted by Crippen LogP contribution is 2.21. The third-order valence-electron chi connectivity index (χ3n) is 2.25. The first-order valence-corrected chi connectivity index (χ1v) is 5.15. The van der Waals surface area contributed by atoms with Gasteiger partial charge in [-0.3, -0.25) is 4.79 Å². The summed E-state index contributed by atoms with van der Waals surface area (Å²) in [5, 5.41) is 3.44. The van der Waals surface area contributed by atoms with E-state index in [0.29, 0.717) is 23.1 Å². The average molecular weight is 243 g/mol. The van der Waals surface area contributed by atoms with Gasteiger partial charge in [0.25, 0.3) is 0 Å². The summed E-state index contributed by atoms with van der Waals surface area (Å²) in [4.78, 5) is 15.1. The summed E-state index contributed by atoms with van der Waals surface area (Å²) in [7, 11) is 0. The van der Waals surface area contributed by atoms with Crippen molar-refractivity contribution in [2.75, 3.05) is 17.6 Å². The van der Waals surface area contributed by atoms with Crippen molar-refractivity contribution in [2.45, 2.75) is 13.8 Å². The molecular formula is C10H15ClN4O. The molecular weight excluding hydrogens is 228 g/mol. The fourth-order valence-corrected chi connectivity index (χ4v) is 1.16. The second-order valence-electron chi connectivity index (χ2n) is 4.19. The number of aromatic nitrogens is 1. The van der Waals surface area contributed by atoms with Crippen molar-refractivity contribution < 1.29 is 4.79 Å². The van der Waals surface area contributed by atoms with Crippen molar-refractivity contribution in [2.24, 2.45) is 11.1 Å². The van der Waals surface area contributed by atoms with Crippen molar-refractivity contribution in [3.8, 4) is 0 Å². The normalized spacial score (nSPS) is 11.2. The summed E-state index contributed by atoms with van der Waals surface area (Å²) in [5.74, 6) is 0.117. The summed E-state index contributed by atoms with van der Waals surface area (Å²) in [5.41, 5.74) is 10.7. The highest BCUT2D eigenvalue weighted by molar-refractivity contribution is 6.30. The first kappa shape index (κ1) is 12.6. The van der Waals surface area contributed by atoms with E-state index in [4.69, 9.17) is 23.1 Å². The number of primary amides is 1. The number of pyridine rings is 1. The molecule has 0 radical (unpaired) electrons. The molecule has 0 aliphatic rings. The van der Waals surface area contributed by atoms with Crippen LogP contribution >= 0.6 is 11.6 Å². The first-order chi connectivity index (χ1) is 7.33. The zero-order valence-electron chi connectivity index (χ0n) is 9.25. The maximum Gasteiger partial charge on any atom is 0.224 e. The maximum atomic E-state index is 11.1. The van der Waals surface area contributed by atoms with E-state index < -0.39 is 5.41 Å². The molecule has 0 aliphatic carbocycles. The second-order valence-corrected chi connectivity index (χ2v) is 4.63. The molecule has 5 nitrogen and oxygen atoms in total. The van der Waals surface area contributed by atoms with E-state index in [1.54, 1.807) is 19.9 Å². The van der Waals surface area contributed by atoms with E-state index in [9.17, 15) is 4.79 Å². The van der Waals surface area contributed by atoms with Crippen molar-refractivity contribution in [1.29, 1.82) is 0 Å². The number of anilines is 2. The summed E-state index contributed by atoms with van der Waals surface area (Å²) < 4.78 is 0. The Labute approximate surface area is 99.2 Å². The number of nitrogens with zero attached hydrogens (tertiary/aromatic N) is 1. The number of nitrogens with one attached hydrogen (secondary N) is 1. The Bertz CT molecular complexity index is 406. The Morgan fingerprint density at radius 1 is 1.62 bits per heavy atom. The van der Waals surface area contributed by atoms with Gasteiger partial charge >= 0.3 is 0 Å². The molecule has 0 aromatic carbocycles. The molecule has 0 unspecified atom stereocenters. The van der Waals surface area contributed by atoms with Gasteiger partial charge in [-0.1, -0.05) is 11.6 Å². The van der Waals surface area contributed by atoms with Gasteiger partial charge in [0.05, 0.1) is 16.1 Å². The molecule has 1 aromatic rings. The van der Waals surface area contributed by atoms with Gasteiger partial charge in [0.15, 0.2) is 0 Å². The number of nitrogens with two attached hydrogens (primary N) is 2. The van der Waals surface area contributed by atoms with Gasteiger partial charge in [0.1, 0.15) is 5.82 Å². The summed E-state index contributed by atoms with van der Waals surface area (Å²) in [6.07, 6.45) is 1.48. The van der Waals surface area contributed by atoms with Crippen LogP contribution in [0.2, 0.25) is 5.02 Å². The zero-order valence-corrected chi connectivity index (χ0v) is 10.0. The van der Waals surface area contributed by atoms with Crippen LogP contribution in [0.15, 0.2) is 12.3 Å². The number of hydrogen-bond donors (Lipinski definition) is 3. The van der Waals surface area contributed by atoms with Crippen molar-refractivity contribution in [3.05, 3.63) is 17.3 Å². The Morgan fingerprint density at radius 2 is 2.25 bits per heavy atom. The SMILES string of the molecule is CC(C)(CNc1ncc(Cl)cc1N)C(N)=O. The molecule has 88 valence electrons. The highest BCUT2D eigenvalue weighted by atomic mass is 35.5. The van der Waals surface area contributed by atoms with Crippen LogP contribution in [0.25, 0.3) is 0 Å². The van der Waals surface area contributed by atoms with E-state index in [-0.39, 0.29) is 5.91 Å². The number of rotatable bonds is 4. The van der Waals surface area contributed by atoms with Gasteiger partial charge in [-0.15, -0.1) is 0 Å². The van der Waals surface area contributed by atoms with Crippen molar-refractivity contribution >= 4 is 29.0 Å². The van der Waals surface area contributed by atoms with Crippen molar-refractivity contribution in [3.63, 3.8) is 0 Å². The quantitative estimate of drug-likeness (QED) is 0.741. The first-order valence-electron chi connectivity index (χ1n) is 4.78. The molecule has 0 saturated heterocycles. The maximum absolute atomic E-state index is 11.1. The van der Waals surface area contributed by atoms with Gasteiger partial charge in [-0.2, -0.15) is 0 Å². The zero-order chi connectivity index (χ0) is 12.3. The summed E-state index contributed by atoms with van der Waals surface area (Å²) >= 11 is 5.71. The third kappa shape index (κ3) is 3.00. The fraction of sp³-hybridized carbons (Fsp3) is 0.400. The number of halogens is 1. The van der Waals surface area contributed by atoms with Crippen LogP contribution in [0.3, 0.4) is 0 Å². The lowest BCUT2D eigenvalue weighted by Crippen LogP contribution is -2.37. The van der Waals surface area contributed by atoms with E-state index in [2.05, 4.69) is 10.3 Å². The molecule has 5 N–H and O–H groups in total. The van der Waals surface area contributed by atoms with Crippen LogP contribution in [0.4, 0.5) is 11.5 Å². The van der Waals surface area contributed by atoms with E-state index in [1.165, 1.54) is 6.20 Å². The predicted molar refractivity (Wildman–Crippen MR) is 65.1 cm³/mol. The van der Waals surface area contributed by atoms with Crippen LogP contribution < -0.4 is 16.8 Å². The lowest BCUT2D eigenvalue weighted by atomic mass is 9.93. The van der Waals surface area contributed by atoms with Crippen LogP contribution in [0.1, 0.15) is 13.8 Å². The largest absolute Gasteiger partial charge is 0.396 e. The smallest absolute Gasteiger partial charge is 0.224 e. The molecule has 0 fully saturated rings. The molecule has 1 amide bonds. The standard InChI is InChI=1S/C10H15ClN4O/c1-10(2,9(13)16)5-15-8-7(12)3-6(11)4-14-8/h3-4H,5,12H2,1-2H3,(H2,13,16)(H,14,15). The number of nitrogen functional groups attached to an aromatic ring is 1. The number of amides is 1. The van der Waals surface area contributed by atoms with Crippen molar-refractivity contribution in [1.82, 2.24) is 4.98 Å².